The fourth-order valence-electron chi connectivity index (χ4n) is 3.85. The van der Waals surface area contributed by atoms with E-state index in [0.29, 0.717) is 45.9 Å². The summed E-state index contributed by atoms with van der Waals surface area (Å²) in [5.41, 5.74) is -0.0654. The van der Waals surface area contributed by atoms with Crippen molar-refractivity contribution in [1.29, 1.82) is 0 Å². The van der Waals surface area contributed by atoms with Crippen LogP contribution in [0, 0.1) is 5.41 Å². The molecular weight excluding hydrogens is 316 g/mol. The number of nitrogens with zero attached hydrogens (tertiary/aromatic N) is 2. The van der Waals surface area contributed by atoms with E-state index in [9.17, 15) is 14.4 Å². The normalized spacial score (nSPS) is 27.3. The van der Waals surface area contributed by atoms with E-state index in [1.807, 2.05) is 4.90 Å². The van der Waals surface area contributed by atoms with Crippen LogP contribution in [0.25, 0.3) is 0 Å². The molecule has 0 saturated carbocycles. The summed E-state index contributed by atoms with van der Waals surface area (Å²) in [6.07, 6.45) is 2.23. The zero-order chi connectivity index (χ0) is 17.2. The molecule has 1 spiro atoms. The van der Waals surface area contributed by atoms with Gasteiger partial charge in [-0.25, -0.2) is 0 Å². The summed E-state index contributed by atoms with van der Waals surface area (Å²) in [4.78, 5) is 38.5. The van der Waals surface area contributed by atoms with Crippen molar-refractivity contribution < 1.29 is 29.0 Å². The van der Waals surface area contributed by atoms with Gasteiger partial charge in [0, 0.05) is 26.1 Å². The maximum Gasteiger partial charge on any atom is 0.323 e. The van der Waals surface area contributed by atoms with Crippen molar-refractivity contribution in [1.82, 2.24) is 9.80 Å². The second kappa shape index (κ2) is 7.06. The van der Waals surface area contributed by atoms with E-state index in [2.05, 4.69) is 0 Å². The van der Waals surface area contributed by atoms with Gasteiger partial charge in [-0.05, 0) is 24.7 Å². The minimum Gasteiger partial charge on any atom is -0.480 e. The van der Waals surface area contributed by atoms with Crippen molar-refractivity contribution in [2.24, 2.45) is 5.41 Å². The van der Waals surface area contributed by atoms with Crippen molar-refractivity contribution in [2.75, 3.05) is 46.0 Å². The lowest BCUT2D eigenvalue weighted by Gasteiger charge is -2.47. The summed E-state index contributed by atoms with van der Waals surface area (Å²) >= 11 is 0. The number of carbonyl (C=O) groups is 3. The molecule has 1 N–H and O–H groups in total. The number of carbonyl (C=O) groups excluding carboxylic acids is 2. The summed E-state index contributed by atoms with van der Waals surface area (Å²) < 4.78 is 10.8. The number of carboxylic acid groups (broad SMARTS) is 1. The Kier molecular flexibility index (Phi) is 5.05. The number of rotatable bonds is 3. The number of aliphatic carboxylic acids is 1. The third-order valence-electron chi connectivity index (χ3n) is 5.30. The Hall–Kier alpha value is -1.67. The molecule has 0 aromatic rings. The van der Waals surface area contributed by atoms with Crippen molar-refractivity contribution in [2.45, 2.75) is 31.8 Å². The van der Waals surface area contributed by atoms with Crippen LogP contribution in [0.15, 0.2) is 0 Å². The van der Waals surface area contributed by atoms with Crippen molar-refractivity contribution >= 4 is 17.8 Å². The predicted octanol–water partition coefficient (Wildman–Crippen LogP) is -0.282. The van der Waals surface area contributed by atoms with Crippen LogP contribution in [0.4, 0.5) is 0 Å². The summed E-state index contributed by atoms with van der Waals surface area (Å²) in [6, 6.07) is 0. The van der Waals surface area contributed by atoms with Gasteiger partial charge in [-0.15, -0.1) is 0 Å². The lowest BCUT2D eigenvalue weighted by atomic mass is 9.72. The molecule has 3 rings (SSSR count). The molecule has 0 aliphatic carbocycles. The largest absolute Gasteiger partial charge is 0.480 e. The molecule has 3 aliphatic rings. The highest BCUT2D eigenvalue weighted by molar-refractivity contribution is 5.82. The van der Waals surface area contributed by atoms with E-state index in [1.54, 1.807) is 0 Å². The first-order chi connectivity index (χ1) is 11.5. The standard InChI is InChI=1S/C16H24N2O6/c19-13-1-2-16(11-18(13)9-14(20)21)3-5-17(6-4-16)15(22)12-10-23-7-8-24-12/h12H,1-11H2,(H,20,21). The average Bonchev–Trinajstić information content (AvgIpc) is 2.59. The van der Waals surface area contributed by atoms with Gasteiger partial charge in [0.25, 0.3) is 5.91 Å². The molecule has 3 heterocycles. The Labute approximate surface area is 140 Å². The average molecular weight is 340 g/mol. The lowest BCUT2D eigenvalue weighted by Crippen LogP contribution is -2.55. The monoisotopic (exact) mass is 340 g/mol. The Morgan fingerprint density at radius 1 is 1.21 bits per heavy atom. The number of hydrogen-bond donors (Lipinski definition) is 1. The van der Waals surface area contributed by atoms with Gasteiger partial charge >= 0.3 is 5.97 Å². The Morgan fingerprint density at radius 2 is 1.96 bits per heavy atom. The highest BCUT2D eigenvalue weighted by atomic mass is 16.6. The van der Waals surface area contributed by atoms with Crippen LogP contribution < -0.4 is 0 Å². The van der Waals surface area contributed by atoms with Gasteiger partial charge in [0.1, 0.15) is 6.54 Å². The maximum atomic E-state index is 12.5. The third kappa shape index (κ3) is 3.70. The van der Waals surface area contributed by atoms with Gasteiger partial charge in [0.05, 0.1) is 19.8 Å². The molecule has 8 heteroatoms. The fraction of sp³-hybridized carbons (Fsp3) is 0.812. The Bertz CT molecular complexity index is 509. The number of piperidine rings is 2. The van der Waals surface area contributed by atoms with Gasteiger partial charge in [-0.3, -0.25) is 14.4 Å². The Balaban J connectivity index is 1.56. The summed E-state index contributed by atoms with van der Waals surface area (Å²) in [5, 5.41) is 8.96. The number of carboxylic acids is 1. The van der Waals surface area contributed by atoms with E-state index < -0.39 is 12.1 Å². The second-order valence-electron chi connectivity index (χ2n) is 6.90. The SMILES string of the molecule is O=C(O)CN1CC2(CCC1=O)CCN(C(=O)C1COCCO1)CC2. The number of amides is 2. The van der Waals surface area contributed by atoms with Crippen molar-refractivity contribution in [3.05, 3.63) is 0 Å². The zero-order valence-electron chi connectivity index (χ0n) is 13.7. The van der Waals surface area contributed by atoms with E-state index in [4.69, 9.17) is 14.6 Å². The molecule has 0 bridgehead atoms. The zero-order valence-corrected chi connectivity index (χ0v) is 13.7. The summed E-state index contributed by atoms with van der Waals surface area (Å²) in [5.74, 6) is -1.10. The van der Waals surface area contributed by atoms with Crippen LogP contribution in [0.3, 0.4) is 0 Å². The smallest absolute Gasteiger partial charge is 0.323 e. The van der Waals surface area contributed by atoms with E-state index in [0.717, 1.165) is 19.3 Å². The quantitative estimate of drug-likeness (QED) is 0.759. The molecule has 0 radical (unpaired) electrons. The fourth-order valence-corrected chi connectivity index (χ4v) is 3.85. The number of hydrogen-bond acceptors (Lipinski definition) is 5. The first-order valence-electron chi connectivity index (χ1n) is 8.47. The topological polar surface area (TPSA) is 96.4 Å². The molecular formula is C16H24N2O6. The Morgan fingerprint density at radius 3 is 2.58 bits per heavy atom. The van der Waals surface area contributed by atoms with Gasteiger partial charge in [0.15, 0.2) is 6.10 Å². The molecule has 0 aromatic heterocycles. The molecule has 1 atom stereocenters. The minimum absolute atomic E-state index is 0.0289. The minimum atomic E-state index is -0.984. The second-order valence-corrected chi connectivity index (χ2v) is 6.90. The molecule has 2 amide bonds. The number of ether oxygens (including phenoxy) is 2. The van der Waals surface area contributed by atoms with E-state index in [-0.39, 0.29) is 23.8 Å². The van der Waals surface area contributed by atoms with Crippen molar-refractivity contribution in [3.8, 4) is 0 Å². The molecule has 134 valence electrons. The third-order valence-corrected chi connectivity index (χ3v) is 5.30. The van der Waals surface area contributed by atoms with Crippen LogP contribution in [-0.2, 0) is 23.9 Å². The molecule has 3 fully saturated rings. The highest BCUT2D eigenvalue weighted by Gasteiger charge is 2.43. The van der Waals surface area contributed by atoms with Crippen molar-refractivity contribution in [3.63, 3.8) is 0 Å². The van der Waals surface area contributed by atoms with Gasteiger partial charge < -0.3 is 24.4 Å². The van der Waals surface area contributed by atoms with E-state index in [1.165, 1.54) is 4.90 Å². The van der Waals surface area contributed by atoms with E-state index >= 15 is 0 Å². The first-order valence-corrected chi connectivity index (χ1v) is 8.47. The summed E-state index contributed by atoms with van der Waals surface area (Å²) in [7, 11) is 0. The molecule has 3 saturated heterocycles. The lowest BCUT2D eigenvalue weighted by molar-refractivity contribution is -0.161. The van der Waals surface area contributed by atoms with Gasteiger partial charge in [-0.2, -0.15) is 0 Å². The van der Waals surface area contributed by atoms with Crippen LogP contribution in [0.2, 0.25) is 0 Å². The van der Waals surface area contributed by atoms with Crippen LogP contribution >= 0.6 is 0 Å². The molecule has 1 unspecified atom stereocenters. The molecule has 8 nitrogen and oxygen atoms in total. The van der Waals surface area contributed by atoms with Crippen LogP contribution in [0.5, 0.6) is 0 Å². The highest BCUT2D eigenvalue weighted by Crippen LogP contribution is 2.40. The maximum absolute atomic E-state index is 12.5. The van der Waals surface area contributed by atoms with Gasteiger partial charge in [-0.1, -0.05) is 0 Å². The summed E-state index contributed by atoms with van der Waals surface area (Å²) in [6.45, 7) is 2.75. The molecule has 3 aliphatic heterocycles. The van der Waals surface area contributed by atoms with Gasteiger partial charge in [0.2, 0.25) is 5.91 Å². The van der Waals surface area contributed by atoms with Crippen LogP contribution in [0.1, 0.15) is 25.7 Å². The first kappa shape index (κ1) is 17.2. The number of likely N-dealkylation sites (tertiary alicyclic amines) is 2. The molecule has 0 aromatic carbocycles. The van der Waals surface area contributed by atoms with Crippen LogP contribution in [-0.4, -0.2) is 84.8 Å². The predicted molar refractivity (Wildman–Crippen MR) is 82.3 cm³/mol. The molecule has 24 heavy (non-hydrogen) atoms.